The van der Waals surface area contributed by atoms with E-state index in [4.69, 9.17) is 9.72 Å². The van der Waals surface area contributed by atoms with Gasteiger partial charge in [0.15, 0.2) is 5.82 Å². The van der Waals surface area contributed by atoms with Crippen LogP contribution in [-0.4, -0.2) is 48.1 Å². The van der Waals surface area contributed by atoms with Crippen LogP contribution in [0.1, 0.15) is 34.5 Å². The molecule has 1 aliphatic carbocycles. The maximum atomic E-state index is 13.5. The van der Waals surface area contributed by atoms with Gasteiger partial charge in [-0.3, -0.25) is 14.3 Å². The van der Waals surface area contributed by atoms with Crippen molar-refractivity contribution in [3.63, 3.8) is 0 Å². The van der Waals surface area contributed by atoms with Gasteiger partial charge in [-0.2, -0.15) is 9.67 Å². The molecule has 1 fully saturated rings. The minimum absolute atomic E-state index is 0.131. The number of rotatable bonds is 5. The standard InChI is InChI=1S/C27H26N6O3/c34-24-15-23(26(35)30-11-10-19-4-1-2-5-21(19)16-30)32-13-12-31-27(33(24)32)28-25(29-31)20-6-3-7-22(14-20)36-17-18-8-9-18/h1-7,14-15,18H,8-13,16-17H2. The third-order valence-electron chi connectivity index (χ3n) is 7.27. The lowest BCUT2D eigenvalue weighted by Gasteiger charge is -2.29. The molecule has 0 bridgehead atoms. The molecule has 1 saturated carbocycles. The van der Waals surface area contributed by atoms with Crippen LogP contribution in [0.2, 0.25) is 0 Å². The Balaban J connectivity index is 1.18. The lowest BCUT2D eigenvalue weighted by Crippen LogP contribution is -2.38. The van der Waals surface area contributed by atoms with E-state index in [9.17, 15) is 9.59 Å². The number of nitrogens with zero attached hydrogens (tertiary/aromatic N) is 6. The highest BCUT2D eigenvalue weighted by Crippen LogP contribution is 2.30. The Morgan fingerprint density at radius 1 is 1.00 bits per heavy atom. The van der Waals surface area contributed by atoms with Gasteiger partial charge in [-0.1, -0.05) is 36.4 Å². The minimum Gasteiger partial charge on any atom is -0.493 e. The van der Waals surface area contributed by atoms with Gasteiger partial charge in [0.2, 0.25) is 0 Å². The fourth-order valence-corrected chi connectivity index (χ4v) is 5.09. The normalized spacial score (nSPS) is 16.3. The average molecular weight is 483 g/mol. The molecule has 0 atom stereocenters. The molecule has 9 nitrogen and oxygen atoms in total. The summed E-state index contributed by atoms with van der Waals surface area (Å²) in [6, 6.07) is 17.4. The number of carbonyl (C=O) groups excluding carboxylic acids is 1. The molecule has 9 heteroatoms. The second-order valence-electron chi connectivity index (χ2n) is 9.79. The average Bonchev–Trinajstić information content (AvgIpc) is 3.54. The molecule has 2 aliphatic heterocycles. The van der Waals surface area contributed by atoms with Crippen molar-refractivity contribution in [1.82, 2.24) is 29.0 Å². The van der Waals surface area contributed by atoms with E-state index < -0.39 is 0 Å². The van der Waals surface area contributed by atoms with Gasteiger partial charge in [0.05, 0.1) is 19.7 Å². The number of carbonyl (C=O) groups is 1. The summed E-state index contributed by atoms with van der Waals surface area (Å²) >= 11 is 0. The predicted molar refractivity (Wildman–Crippen MR) is 132 cm³/mol. The summed E-state index contributed by atoms with van der Waals surface area (Å²) < 4.78 is 10.9. The maximum absolute atomic E-state index is 13.5. The zero-order chi connectivity index (χ0) is 24.2. The van der Waals surface area contributed by atoms with Gasteiger partial charge in [-0.15, -0.1) is 5.10 Å². The second kappa shape index (κ2) is 8.22. The Hall–Kier alpha value is -4.14. The van der Waals surface area contributed by atoms with Gasteiger partial charge in [-0.05, 0) is 48.4 Å². The summed E-state index contributed by atoms with van der Waals surface area (Å²) in [4.78, 5) is 33.1. The highest BCUT2D eigenvalue weighted by Gasteiger charge is 2.30. The van der Waals surface area contributed by atoms with Crippen molar-refractivity contribution in [3.05, 3.63) is 81.8 Å². The minimum atomic E-state index is -0.280. The summed E-state index contributed by atoms with van der Waals surface area (Å²) in [6.07, 6.45) is 3.28. The number of amides is 1. The van der Waals surface area contributed by atoms with E-state index in [0.717, 1.165) is 29.9 Å². The highest BCUT2D eigenvalue weighted by molar-refractivity contribution is 5.92. The van der Waals surface area contributed by atoms with Crippen molar-refractivity contribution in [3.8, 4) is 23.1 Å². The number of hydrogen-bond acceptors (Lipinski definition) is 5. The Kier molecular flexibility index (Phi) is 4.83. The van der Waals surface area contributed by atoms with Gasteiger partial charge < -0.3 is 9.64 Å². The van der Waals surface area contributed by atoms with Crippen molar-refractivity contribution in [2.75, 3.05) is 13.2 Å². The summed E-state index contributed by atoms with van der Waals surface area (Å²) in [5, 5.41) is 4.66. The molecule has 0 spiro atoms. The van der Waals surface area contributed by atoms with Gasteiger partial charge in [-0.25, -0.2) is 4.68 Å². The predicted octanol–water partition coefficient (Wildman–Crippen LogP) is 2.90. The first-order chi connectivity index (χ1) is 17.6. The van der Waals surface area contributed by atoms with Crippen molar-refractivity contribution in [1.29, 1.82) is 0 Å². The number of fused-ring (bicyclic) bond motifs is 4. The molecular formula is C27H26N6O3. The third kappa shape index (κ3) is 3.62. The van der Waals surface area contributed by atoms with Gasteiger partial charge >= 0.3 is 0 Å². The highest BCUT2D eigenvalue weighted by atomic mass is 16.5. The molecule has 0 saturated heterocycles. The van der Waals surface area contributed by atoms with Crippen LogP contribution in [0, 0.1) is 5.92 Å². The molecule has 4 heterocycles. The number of benzene rings is 2. The fourth-order valence-electron chi connectivity index (χ4n) is 5.09. The van der Waals surface area contributed by atoms with E-state index in [1.807, 2.05) is 41.3 Å². The first kappa shape index (κ1) is 21.2. The molecule has 1 amide bonds. The molecule has 3 aliphatic rings. The molecule has 2 aromatic carbocycles. The van der Waals surface area contributed by atoms with Crippen LogP contribution in [0.5, 0.6) is 5.75 Å². The number of hydrogen-bond donors (Lipinski definition) is 0. The van der Waals surface area contributed by atoms with E-state index in [1.165, 1.54) is 29.2 Å². The molecule has 0 radical (unpaired) electrons. The molecule has 4 aromatic rings. The lowest BCUT2D eigenvalue weighted by atomic mass is 10.00. The summed E-state index contributed by atoms with van der Waals surface area (Å²) in [6.45, 7) is 2.91. The molecule has 7 rings (SSSR count). The lowest BCUT2D eigenvalue weighted by molar-refractivity contribution is 0.0719. The Morgan fingerprint density at radius 2 is 1.86 bits per heavy atom. The SMILES string of the molecule is O=C(c1cc(=O)n2n1CCn1nc(-c3cccc(OCC4CC4)c3)nc1-2)N1CCc2ccccc2C1. The molecule has 36 heavy (non-hydrogen) atoms. The Bertz CT molecular complexity index is 1540. The van der Waals surface area contributed by atoms with Crippen LogP contribution in [0.15, 0.2) is 59.4 Å². The summed E-state index contributed by atoms with van der Waals surface area (Å²) in [7, 11) is 0. The summed E-state index contributed by atoms with van der Waals surface area (Å²) in [5.74, 6) is 2.29. The van der Waals surface area contributed by atoms with Crippen molar-refractivity contribution in [2.24, 2.45) is 5.92 Å². The zero-order valence-electron chi connectivity index (χ0n) is 19.8. The van der Waals surface area contributed by atoms with E-state index in [1.54, 1.807) is 9.36 Å². The largest absolute Gasteiger partial charge is 0.493 e. The second-order valence-corrected chi connectivity index (χ2v) is 9.79. The van der Waals surface area contributed by atoms with E-state index in [0.29, 0.717) is 49.6 Å². The Labute approximate surface area is 207 Å². The van der Waals surface area contributed by atoms with Crippen LogP contribution in [0.25, 0.3) is 17.3 Å². The topological polar surface area (TPSA) is 87.2 Å². The molecule has 2 aromatic heterocycles. The number of aromatic nitrogens is 5. The molecule has 0 unspecified atom stereocenters. The van der Waals surface area contributed by atoms with Gasteiger partial charge in [0.25, 0.3) is 17.4 Å². The van der Waals surface area contributed by atoms with E-state index in [-0.39, 0.29) is 11.5 Å². The van der Waals surface area contributed by atoms with Crippen molar-refractivity contribution >= 4 is 5.91 Å². The monoisotopic (exact) mass is 482 g/mol. The maximum Gasteiger partial charge on any atom is 0.274 e. The van der Waals surface area contributed by atoms with Gasteiger partial charge in [0, 0.05) is 24.7 Å². The summed E-state index contributed by atoms with van der Waals surface area (Å²) in [5.41, 5.74) is 3.38. The first-order valence-corrected chi connectivity index (χ1v) is 12.5. The Morgan fingerprint density at radius 3 is 2.72 bits per heavy atom. The molecule has 0 N–H and O–H groups in total. The van der Waals surface area contributed by atoms with Crippen LogP contribution in [-0.2, 0) is 26.1 Å². The first-order valence-electron chi connectivity index (χ1n) is 12.5. The molecule has 182 valence electrons. The van der Waals surface area contributed by atoms with Crippen molar-refractivity contribution < 1.29 is 9.53 Å². The van der Waals surface area contributed by atoms with Gasteiger partial charge in [0.1, 0.15) is 11.4 Å². The van der Waals surface area contributed by atoms with Crippen molar-refractivity contribution in [2.45, 2.75) is 38.9 Å². The quantitative estimate of drug-likeness (QED) is 0.437. The fraction of sp³-hybridized carbons (Fsp3) is 0.333. The van der Waals surface area contributed by atoms with Crippen LogP contribution < -0.4 is 10.3 Å². The van der Waals surface area contributed by atoms with Crippen LogP contribution in [0.3, 0.4) is 0 Å². The number of ether oxygens (including phenoxy) is 1. The van der Waals surface area contributed by atoms with E-state index in [2.05, 4.69) is 17.2 Å². The number of aryl methyl sites for hydroxylation is 1. The third-order valence-corrected chi connectivity index (χ3v) is 7.27. The molecular weight excluding hydrogens is 456 g/mol. The van der Waals surface area contributed by atoms with Crippen LogP contribution >= 0.6 is 0 Å². The van der Waals surface area contributed by atoms with Crippen LogP contribution in [0.4, 0.5) is 0 Å². The smallest absolute Gasteiger partial charge is 0.274 e. The van der Waals surface area contributed by atoms with E-state index >= 15 is 0 Å². The zero-order valence-corrected chi connectivity index (χ0v) is 19.8.